The number of ether oxygens (including phenoxy) is 1. The zero-order valence-corrected chi connectivity index (χ0v) is 17.0. The number of amides is 1. The maximum atomic E-state index is 13.4. The zero-order valence-electron chi connectivity index (χ0n) is 17.0. The number of pyridine rings is 1. The number of hydrogen-bond donors (Lipinski definition) is 1. The molecule has 0 radical (unpaired) electrons. The molecule has 1 amide bonds. The Balaban J connectivity index is 1.56. The molecule has 2 aromatic heterocycles. The first-order valence-corrected chi connectivity index (χ1v) is 9.97. The van der Waals surface area contributed by atoms with Gasteiger partial charge in [0.25, 0.3) is 5.91 Å². The van der Waals surface area contributed by atoms with E-state index in [1.54, 1.807) is 25.1 Å². The first-order valence-electron chi connectivity index (χ1n) is 9.97. The van der Waals surface area contributed by atoms with Crippen LogP contribution in [0.4, 0.5) is 24.7 Å². The van der Waals surface area contributed by atoms with Crippen molar-refractivity contribution in [3.05, 3.63) is 64.9 Å². The summed E-state index contributed by atoms with van der Waals surface area (Å²) in [5.41, 5.74) is 8.51. The largest absolute Gasteiger partial charge is 0.462 e. The number of alkyl halides is 3. The number of halogens is 3. The molecule has 1 aliphatic rings. The number of aromatic nitrogens is 1. The molecule has 0 fully saturated rings. The van der Waals surface area contributed by atoms with E-state index >= 15 is 0 Å². The van der Waals surface area contributed by atoms with Crippen LogP contribution in [0.2, 0.25) is 0 Å². The van der Waals surface area contributed by atoms with Crippen LogP contribution in [0.25, 0.3) is 21.9 Å². The van der Waals surface area contributed by atoms with Gasteiger partial charge in [-0.05, 0) is 48.9 Å². The number of benzene rings is 2. The van der Waals surface area contributed by atoms with Gasteiger partial charge in [0, 0.05) is 28.4 Å². The molecule has 5 rings (SSSR count). The Labute approximate surface area is 180 Å². The van der Waals surface area contributed by atoms with E-state index in [4.69, 9.17) is 14.9 Å². The molecule has 2 N–H and O–H groups in total. The molecule has 9 heteroatoms. The minimum absolute atomic E-state index is 0.0641. The first-order chi connectivity index (χ1) is 15.3. The van der Waals surface area contributed by atoms with Gasteiger partial charge in [-0.2, -0.15) is 13.2 Å². The molecule has 0 atom stereocenters. The molecule has 2 aromatic carbocycles. The Hall–Kier alpha value is -3.59. The van der Waals surface area contributed by atoms with Crippen molar-refractivity contribution in [3.63, 3.8) is 0 Å². The molecule has 164 valence electrons. The molecule has 0 saturated heterocycles. The predicted octanol–water partition coefficient (Wildman–Crippen LogP) is 5.28. The molecule has 3 heterocycles. The summed E-state index contributed by atoms with van der Waals surface area (Å²) in [6.45, 7) is 2.86. The van der Waals surface area contributed by atoms with E-state index in [9.17, 15) is 18.0 Å². The highest BCUT2D eigenvalue weighted by Gasteiger charge is 2.31. The molecule has 6 nitrogen and oxygen atoms in total. The van der Waals surface area contributed by atoms with E-state index in [0.717, 1.165) is 28.6 Å². The predicted molar refractivity (Wildman–Crippen MR) is 113 cm³/mol. The van der Waals surface area contributed by atoms with E-state index in [0.29, 0.717) is 47.7 Å². The van der Waals surface area contributed by atoms with E-state index in [1.165, 1.54) is 17.2 Å². The van der Waals surface area contributed by atoms with Gasteiger partial charge in [-0.1, -0.05) is 0 Å². The number of carbonyl (C=O) groups excluding carboxylic acids is 1. The Morgan fingerprint density at radius 2 is 1.91 bits per heavy atom. The van der Waals surface area contributed by atoms with Gasteiger partial charge in [-0.15, -0.1) is 0 Å². The van der Waals surface area contributed by atoms with Gasteiger partial charge < -0.3 is 19.8 Å². The quantitative estimate of drug-likeness (QED) is 0.468. The van der Waals surface area contributed by atoms with Crippen molar-refractivity contribution < 1.29 is 27.1 Å². The fourth-order valence-electron chi connectivity index (χ4n) is 4.08. The second kappa shape index (κ2) is 7.23. The smallest absolute Gasteiger partial charge is 0.416 e. The molecular formula is C23H18F3N3O3. The van der Waals surface area contributed by atoms with E-state index < -0.39 is 11.7 Å². The van der Waals surface area contributed by atoms with Crippen LogP contribution in [-0.4, -0.2) is 17.4 Å². The van der Waals surface area contributed by atoms with Crippen LogP contribution in [0, 0.1) is 0 Å². The van der Waals surface area contributed by atoms with Crippen LogP contribution in [0.5, 0.6) is 0 Å². The van der Waals surface area contributed by atoms with Gasteiger partial charge >= 0.3 is 6.18 Å². The average Bonchev–Trinajstić information content (AvgIpc) is 3.41. The van der Waals surface area contributed by atoms with Crippen LogP contribution in [0.1, 0.15) is 34.0 Å². The molecular weight excluding hydrogens is 423 g/mol. The lowest BCUT2D eigenvalue weighted by molar-refractivity contribution is -0.137. The SMILES string of the molecule is CCN(C(=O)c1ccc2nc(N)c3c(c2c1)COC3)c1coc2cc(C(F)(F)F)ccc12. The molecule has 0 spiro atoms. The standard InChI is InChI=1S/C23H18F3N3O3/c1-2-29(19-11-32-20-8-13(23(24,25)26)4-5-14(19)20)22(30)12-3-6-18-15(7-12)16-9-31-10-17(16)21(27)28-18/h3-8,11H,2,9-10H2,1H3,(H2,27,28). The third-order valence-electron chi connectivity index (χ3n) is 5.71. The highest BCUT2D eigenvalue weighted by atomic mass is 19.4. The molecule has 0 bridgehead atoms. The summed E-state index contributed by atoms with van der Waals surface area (Å²) in [6, 6.07) is 8.39. The van der Waals surface area contributed by atoms with Crippen molar-refractivity contribution >= 4 is 39.3 Å². The van der Waals surface area contributed by atoms with Gasteiger partial charge in [-0.3, -0.25) is 4.79 Å². The van der Waals surface area contributed by atoms with Crippen molar-refractivity contribution in [1.29, 1.82) is 0 Å². The van der Waals surface area contributed by atoms with Gasteiger partial charge in [0.1, 0.15) is 17.7 Å². The van der Waals surface area contributed by atoms with E-state index in [-0.39, 0.29) is 11.5 Å². The highest BCUT2D eigenvalue weighted by molar-refractivity contribution is 6.11. The maximum absolute atomic E-state index is 13.4. The number of hydrogen-bond acceptors (Lipinski definition) is 5. The molecule has 4 aromatic rings. The lowest BCUT2D eigenvalue weighted by Gasteiger charge is -2.20. The van der Waals surface area contributed by atoms with E-state index in [2.05, 4.69) is 4.98 Å². The third-order valence-corrected chi connectivity index (χ3v) is 5.71. The van der Waals surface area contributed by atoms with Crippen LogP contribution in [0.15, 0.2) is 47.1 Å². The summed E-state index contributed by atoms with van der Waals surface area (Å²) in [5, 5.41) is 1.22. The van der Waals surface area contributed by atoms with Gasteiger partial charge in [-0.25, -0.2) is 4.98 Å². The zero-order chi connectivity index (χ0) is 22.6. The van der Waals surface area contributed by atoms with Crippen molar-refractivity contribution in [2.75, 3.05) is 17.2 Å². The lowest BCUT2D eigenvalue weighted by Crippen LogP contribution is -2.30. The van der Waals surface area contributed by atoms with Gasteiger partial charge in [0.05, 0.1) is 30.0 Å². The molecule has 1 aliphatic heterocycles. The van der Waals surface area contributed by atoms with Gasteiger partial charge in [0.15, 0.2) is 0 Å². The van der Waals surface area contributed by atoms with Crippen LogP contribution >= 0.6 is 0 Å². The monoisotopic (exact) mass is 441 g/mol. The fourth-order valence-corrected chi connectivity index (χ4v) is 4.08. The number of fused-ring (bicyclic) bond motifs is 4. The number of anilines is 2. The molecule has 0 saturated carbocycles. The second-order valence-corrected chi connectivity index (χ2v) is 7.56. The minimum atomic E-state index is -4.48. The summed E-state index contributed by atoms with van der Waals surface area (Å²) in [7, 11) is 0. The van der Waals surface area contributed by atoms with Crippen LogP contribution in [0.3, 0.4) is 0 Å². The fraction of sp³-hybridized carbons (Fsp3) is 0.217. The Kier molecular flexibility index (Phi) is 4.59. The van der Waals surface area contributed by atoms with Crippen molar-refractivity contribution in [1.82, 2.24) is 4.98 Å². The Bertz CT molecular complexity index is 1380. The molecule has 0 unspecified atom stereocenters. The van der Waals surface area contributed by atoms with Crippen LogP contribution in [-0.2, 0) is 24.1 Å². The van der Waals surface area contributed by atoms with E-state index in [1.807, 2.05) is 0 Å². The summed E-state index contributed by atoms with van der Waals surface area (Å²) in [6.07, 6.45) is -3.17. The Morgan fingerprint density at radius 1 is 1.12 bits per heavy atom. The summed E-state index contributed by atoms with van der Waals surface area (Å²) in [4.78, 5) is 19.3. The maximum Gasteiger partial charge on any atom is 0.416 e. The lowest BCUT2D eigenvalue weighted by atomic mass is 10.0. The number of nitrogen functional groups attached to an aromatic ring is 1. The molecule has 0 aliphatic carbocycles. The minimum Gasteiger partial charge on any atom is -0.462 e. The summed E-state index contributed by atoms with van der Waals surface area (Å²) >= 11 is 0. The third kappa shape index (κ3) is 3.16. The van der Waals surface area contributed by atoms with Crippen molar-refractivity contribution in [2.45, 2.75) is 26.3 Å². The first kappa shape index (κ1) is 20.3. The number of carbonyl (C=O) groups is 1. The van der Waals surface area contributed by atoms with Crippen LogP contribution < -0.4 is 10.6 Å². The molecule has 32 heavy (non-hydrogen) atoms. The number of nitrogens with two attached hydrogens (primary N) is 1. The highest BCUT2D eigenvalue weighted by Crippen LogP contribution is 2.36. The number of rotatable bonds is 3. The summed E-state index contributed by atoms with van der Waals surface area (Å²) in [5.74, 6) is 0.115. The van der Waals surface area contributed by atoms with Crippen molar-refractivity contribution in [3.8, 4) is 0 Å². The number of nitrogens with zero attached hydrogens (tertiary/aromatic N) is 2. The normalized spacial score (nSPS) is 13.6. The average molecular weight is 441 g/mol. The second-order valence-electron chi connectivity index (χ2n) is 7.56. The van der Waals surface area contributed by atoms with Crippen molar-refractivity contribution in [2.24, 2.45) is 0 Å². The topological polar surface area (TPSA) is 81.6 Å². The van der Waals surface area contributed by atoms with Gasteiger partial charge in [0.2, 0.25) is 0 Å². The summed E-state index contributed by atoms with van der Waals surface area (Å²) < 4.78 is 49.9. The Morgan fingerprint density at radius 3 is 2.66 bits per heavy atom. The number of furan rings is 1.